The second-order valence-electron chi connectivity index (χ2n) is 7.95. The van der Waals surface area contributed by atoms with Crippen LogP contribution in [0.5, 0.6) is 5.75 Å². The van der Waals surface area contributed by atoms with Gasteiger partial charge in [0.1, 0.15) is 5.75 Å². The summed E-state index contributed by atoms with van der Waals surface area (Å²) in [4.78, 5) is 27.1. The van der Waals surface area contributed by atoms with E-state index in [0.29, 0.717) is 18.7 Å². The van der Waals surface area contributed by atoms with Gasteiger partial charge in [0.15, 0.2) is 0 Å². The number of methoxy groups -OCH3 is 1. The quantitative estimate of drug-likeness (QED) is 0.690. The molecule has 0 aliphatic carbocycles. The van der Waals surface area contributed by atoms with E-state index in [1.807, 2.05) is 54.3 Å². The minimum atomic E-state index is -0.0825. The summed E-state index contributed by atoms with van der Waals surface area (Å²) in [5.74, 6) is 0.959. The van der Waals surface area contributed by atoms with Crippen LogP contribution in [0.1, 0.15) is 66.6 Å². The van der Waals surface area contributed by atoms with Gasteiger partial charge in [0.2, 0.25) is 0 Å². The van der Waals surface area contributed by atoms with Gasteiger partial charge in [-0.3, -0.25) is 4.79 Å². The van der Waals surface area contributed by atoms with E-state index in [1.54, 1.807) is 7.11 Å². The third-order valence-corrected chi connectivity index (χ3v) is 5.89. The molecule has 3 amide bonds. The number of ether oxygens (including phenoxy) is 1. The summed E-state index contributed by atoms with van der Waals surface area (Å²) in [6.45, 7) is 6.08. The number of amides is 3. The Morgan fingerprint density at radius 1 is 1.16 bits per heavy atom. The van der Waals surface area contributed by atoms with Crippen molar-refractivity contribution in [3.05, 3.63) is 65.2 Å². The first-order valence-corrected chi connectivity index (χ1v) is 11.1. The van der Waals surface area contributed by atoms with Gasteiger partial charge < -0.3 is 20.3 Å². The van der Waals surface area contributed by atoms with Crippen LogP contribution in [0.25, 0.3) is 0 Å². The van der Waals surface area contributed by atoms with Crippen molar-refractivity contribution >= 4 is 11.9 Å². The maximum absolute atomic E-state index is 13.0. The van der Waals surface area contributed by atoms with Crippen LogP contribution in [0.3, 0.4) is 0 Å². The molecule has 166 valence electrons. The summed E-state index contributed by atoms with van der Waals surface area (Å²) in [6.07, 6.45) is 2.78. The molecule has 31 heavy (non-hydrogen) atoms. The average Bonchev–Trinajstić information content (AvgIpc) is 2.83. The summed E-state index contributed by atoms with van der Waals surface area (Å²) in [5, 5.41) is 6.04. The number of likely N-dealkylation sites (tertiary alicyclic amines) is 1. The topological polar surface area (TPSA) is 70.7 Å². The SMILES string of the molecule is CCNC(=O)N1CCC[C@@H](c2cccc(C(=O)N[C@@H](CC)c3ccc(OC)cc3)c2)C1. The summed E-state index contributed by atoms with van der Waals surface area (Å²) < 4.78 is 5.22. The average molecular weight is 424 g/mol. The number of rotatable bonds is 7. The second-order valence-corrected chi connectivity index (χ2v) is 7.95. The maximum Gasteiger partial charge on any atom is 0.317 e. The summed E-state index contributed by atoms with van der Waals surface area (Å²) in [5.41, 5.74) is 2.82. The number of nitrogens with one attached hydrogen (secondary N) is 2. The molecule has 3 rings (SSSR count). The zero-order chi connectivity index (χ0) is 22.2. The van der Waals surface area contributed by atoms with Crippen LogP contribution in [-0.2, 0) is 0 Å². The molecule has 6 heteroatoms. The van der Waals surface area contributed by atoms with Crippen molar-refractivity contribution in [2.45, 2.75) is 45.1 Å². The van der Waals surface area contributed by atoms with Gasteiger partial charge in [0.25, 0.3) is 5.91 Å². The molecule has 2 atom stereocenters. The highest BCUT2D eigenvalue weighted by atomic mass is 16.5. The van der Waals surface area contributed by atoms with E-state index in [4.69, 9.17) is 4.74 Å². The number of carbonyl (C=O) groups excluding carboxylic acids is 2. The first kappa shape index (κ1) is 22.7. The minimum Gasteiger partial charge on any atom is -0.497 e. The van der Waals surface area contributed by atoms with Crippen molar-refractivity contribution in [1.82, 2.24) is 15.5 Å². The lowest BCUT2D eigenvalue weighted by Gasteiger charge is -2.33. The van der Waals surface area contributed by atoms with Crippen LogP contribution in [0.2, 0.25) is 0 Å². The van der Waals surface area contributed by atoms with Crippen LogP contribution in [0.15, 0.2) is 48.5 Å². The highest BCUT2D eigenvalue weighted by Crippen LogP contribution is 2.28. The lowest BCUT2D eigenvalue weighted by Crippen LogP contribution is -2.44. The van der Waals surface area contributed by atoms with E-state index in [9.17, 15) is 9.59 Å². The van der Waals surface area contributed by atoms with Gasteiger partial charge in [0.05, 0.1) is 13.2 Å². The molecule has 2 N–H and O–H groups in total. The van der Waals surface area contributed by atoms with Crippen molar-refractivity contribution in [3.8, 4) is 5.75 Å². The van der Waals surface area contributed by atoms with Crippen LogP contribution in [0, 0.1) is 0 Å². The standard InChI is InChI=1S/C25H33N3O3/c1-4-23(18-11-13-22(31-3)14-12-18)27-24(29)20-9-6-8-19(16-20)21-10-7-15-28(17-21)25(30)26-5-2/h6,8-9,11-14,16,21,23H,4-5,7,10,15,17H2,1-3H3,(H,26,30)(H,27,29)/t21-,23+/m1/s1. The van der Waals surface area contributed by atoms with Gasteiger partial charge >= 0.3 is 6.03 Å². The van der Waals surface area contributed by atoms with E-state index >= 15 is 0 Å². The monoisotopic (exact) mass is 423 g/mol. The molecule has 1 aliphatic heterocycles. The maximum atomic E-state index is 13.0. The number of hydrogen-bond donors (Lipinski definition) is 2. The van der Waals surface area contributed by atoms with E-state index in [1.165, 1.54) is 0 Å². The van der Waals surface area contributed by atoms with Crippen molar-refractivity contribution < 1.29 is 14.3 Å². The molecule has 2 aromatic carbocycles. The van der Waals surface area contributed by atoms with Gasteiger partial charge in [-0.05, 0) is 61.6 Å². The number of benzene rings is 2. The highest BCUT2D eigenvalue weighted by molar-refractivity contribution is 5.94. The Morgan fingerprint density at radius 2 is 1.94 bits per heavy atom. The fourth-order valence-corrected chi connectivity index (χ4v) is 4.13. The van der Waals surface area contributed by atoms with E-state index < -0.39 is 0 Å². The smallest absolute Gasteiger partial charge is 0.317 e. The number of piperidine rings is 1. The van der Waals surface area contributed by atoms with Crippen LogP contribution in [-0.4, -0.2) is 43.6 Å². The molecule has 6 nitrogen and oxygen atoms in total. The normalized spacial score (nSPS) is 17.0. The van der Waals surface area contributed by atoms with Crippen LogP contribution < -0.4 is 15.4 Å². The van der Waals surface area contributed by atoms with E-state index in [2.05, 4.69) is 23.6 Å². The molecule has 0 unspecified atom stereocenters. The third-order valence-electron chi connectivity index (χ3n) is 5.89. The molecule has 1 aliphatic rings. The fourth-order valence-electron chi connectivity index (χ4n) is 4.13. The Morgan fingerprint density at radius 3 is 2.61 bits per heavy atom. The highest BCUT2D eigenvalue weighted by Gasteiger charge is 2.25. The number of hydrogen-bond acceptors (Lipinski definition) is 3. The van der Waals surface area contributed by atoms with Crippen LogP contribution in [0.4, 0.5) is 4.79 Å². The molecule has 0 radical (unpaired) electrons. The largest absolute Gasteiger partial charge is 0.497 e. The first-order valence-electron chi connectivity index (χ1n) is 11.1. The molecule has 1 fully saturated rings. The number of urea groups is 1. The zero-order valence-electron chi connectivity index (χ0n) is 18.7. The molecule has 1 saturated heterocycles. The third kappa shape index (κ3) is 5.78. The summed E-state index contributed by atoms with van der Waals surface area (Å²) >= 11 is 0. The van der Waals surface area contributed by atoms with E-state index in [0.717, 1.165) is 42.7 Å². The lowest BCUT2D eigenvalue weighted by atomic mass is 9.89. The summed E-state index contributed by atoms with van der Waals surface area (Å²) in [7, 11) is 1.64. The molecular weight excluding hydrogens is 390 g/mol. The molecular formula is C25H33N3O3. The van der Waals surface area contributed by atoms with Crippen molar-refractivity contribution in [2.75, 3.05) is 26.7 Å². The molecule has 0 saturated carbocycles. The van der Waals surface area contributed by atoms with Gasteiger partial charge in [-0.1, -0.05) is 31.2 Å². The first-order chi connectivity index (χ1) is 15.0. The van der Waals surface area contributed by atoms with Gasteiger partial charge in [-0.2, -0.15) is 0 Å². The molecule has 0 bridgehead atoms. The van der Waals surface area contributed by atoms with Gasteiger partial charge in [-0.25, -0.2) is 4.79 Å². The minimum absolute atomic E-state index is 0.00798. The number of carbonyl (C=O) groups is 2. The summed E-state index contributed by atoms with van der Waals surface area (Å²) in [6, 6.07) is 15.5. The Bertz CT molecular complexity index is 882. The Balaban J connectivity index is 1.69. The van der Waals surface area contributed by atoms with E-state index in [-0.39, 0.29) is 23.9 Å². The number of nitrogens with zero attached hydrogens (tertiary/aromatic N) is 1. The zero-order valence-corrected chi connectivity index (χ0v) is 18.7. The Kier molecular flexibility index (Phi) is 7.93. The van der Waals surface area contributed by atoms with Crippen molar-refractivity contribution in [2.24, 2.45) is 0 Å². The van der Waals surface area contributed by atoms with Crippen molar-refractivity contribution in [1.29, 1.82) is 0 Å². The lowest BCUT2D eigenvalue weighted by molar-refractivity contribution is 0.0935. The van der Waals surface area contributed by atoms with Crippen molar-refractivity contribution in [3.63, 3.8) is 0 Å². The predicted octanol–water partition coefficient (Wildman–Crippen LogP) is 4.49. The molecule has 1 heterocycles. The Hall–Kier alpha value is -3.02. The second kappa shape index (κ2) is 10.8. The molecule has 2 aromatic rings. The van der Waals surface area contributed by atoms with Crippen LogP contribution >= 0.6 is 0 Å². The van der Waals surface area contributed by atoms with Gasteiger partial charge in [-0.15, -0.1) is 0 Å². The molecule has 0 aromatic heterocycles. The molecule has 0 spiro atoms. The predicted molar refractivity (Wildman–Crippen MR) is 123 cm³/mol. The Labute approximate surface area is 185 Å². The van der Waals surface area contributed by atoms with Gasteiger partial charge in [0, 0.05) is 31.1 Å². The fraction of sp³-hybridized carbons (Fsp3) is 0.440.